The Morgan fingerprint density at radius 1 is 1.10 bits per heavy atom. The number of hydrogen-bond donors (Lipinski definition) is 0. The van der Waals surface area contributed by atoms with E-state index in [1.165, 1.54) is 24.1 Å². The summed E-state index contributed by atoms with van der Waals surface area (Å²) >= 11 is 1.80. The number of benzene rings is 1. The Labute approximate surface area is 188 Å². The quantitative estimate of drug-likeness (QED) is 0.185. The number of unbranched alkanes of at least 4 members (excludes halogenated alkanes) is 2. The molecule has 0 aliphatic carbocycles. The van der Waals surface area contributed by atoms with Gasteiger partial charge in [-0.2, -0.15) is 0 Å². The van der Waals surface area contributed by atoms with E-state index >= 15 is 0 Å². The van der Waals surface area contributed by atoms with Gasteiger partial charge in [0.15, 0.2) is 0 Å². The van der Waals surface area contributed by atoms with Crippen LogP contribution < -0.4 is 4.74 Å². The molecule has 166 valence electrons. The van der Waals surface area contributed by atoms with Crippen LogP contribution in [0.3, 0.4) is 0 Å². The molecular formula is C26H32O4S. The van der Waals surface area contributed by atoms with Gasteiger partial charge in [0.05, 0.1) is 4.88 Å². The number of ether oxygens (including phenoxy) is 2. The van der Waals surface area contributed by atoms with Crippen LogP contribution in [0.15, 0.2) is 53.5 Å². The van der Waals surface area contributed by atoms with Gasteiger partial charge in [0.1, 0.15) is 28.3 Å². The lowest BCUT2D eigenvalue weighted by Crippen LogP contribution is -2.52. The zero-order valence-electron chi connectivity index (χ0n) is 19.1. The fourth-order valence-electron chi connectivity index (χ4n) is 3.22. The monoisotopic (exact) mass is 440 g/mol. The standard InChI is InChI=1S/C26H32O4S/c1-7-9-10-11-20-14-15-23(31-20)22-16-18-12-13-19(17-21(18)28-22)29-25(3,4)26(5,6)30-24(27)8-2/h8,12-17H,2,7,9-11H2,1,3-6H3. The average molecular weight is 441 g/mol. The van der Waals surface area contributed by atoms with Crippen LogP contribution in [0.2, 0.25) is 0 Å². The Morgan fingerprint density at radius 2 is 1.87 bits per heavy atom. The molecule has 0 amide bonds. The van der Waals surface area contributed by atoms with Crippen molar-refractivity contribution in [3.8, 4) is 16.4 Å². The number of aryl methyl sites for hydroxylation is 1. The second kappa shape index (κ2) is 9.31. The number of thiophene rings is 1. The first-order valence-electron chi connectivity index (χ1n) is 10.8. The maximum absolute atomic E-state index is 11.7. The molecule has 0 unspecified atom stereocenters. The zero-order chi connectivity index (χ0) is 22.6. The van der Waals surface area contributed by atoms with Crippen LogP contribution in [0, 0.1) is 0 Å². The van der Waals surface area contributed by atoms with E-state index in [9.17, 15) is 4.79 Å². The molecule has 0 bridgehead atoms. The fraction of sp³-hybridized carbons (Fsp3) is 0.423. The van der Waals surface area contributed by atoms with E-state index in [1.807, 2.05) is 45.9 Å². The van der Waals surface area contributed by atoms with Crippen molar-refractivity contribution in [2.75, 3.05) is 0 Å². The van der Waals surface area contributed by atoms with Crippen molar-refractivity contribution in [1.82, 2.24) is 0 Å². The summed E-state index contributed by atoms with van der Waals surface area (Å²) in [5.74, 6) is 1.06. The average Bonchev–Trinajstić information content (AvgIpc) is 3.33. The third-order valence-electron chi connectivity index (χ3n) is 5.77. The highest BCUT2D eigenvalue weighted by atomic mass is 32.1. The first-order chi connectivity index (χ1) is 14.6. The minimum Gasteiger partial charge on any atom is -0.484 e. The van der Waals surface area contributed by atoms with Crippen molar-refractivity contribution in [2.24, 2.45) is 0 Å². The second-order valence-corrected chi connectivity index (χ2v) is 9.95. The minimum absolute atomic E-state index is 0.474. The molecule has 0 aliphatic heterocycles. The molecule has 0 saturated heterocycles. The van der Waals surface area contributed by atoms with Crippen LogP contribution in [-0.4, -0.2) is 17.2 Å². The summed E-state index contributed by atoms with van der Waals surface area (Å²) in [5, 5.41) is 1.03. The molecule has 0 radical (unpaired) electrons. The lowest BCUT2D eigenvalue weighted by Gasteiger charge is -2.40. The number of carbonyl (C=O) groups excluding carboxylic acids is 1. The summed E-state index contributed by atoms with van der Waals surface area (Å²) < 4.78 is 17.9. The van der Waals surface area contributed by atoms with Crippen molar-refractivity contribution in [1.29, 1.82) is 0 Å². The number of carbonyl (C=O) groups is 1. The molecule has 2 aromatic heterocycles. The predicted molar refractivity (Wildman–Crippen MR) is 128 cm³/mol. The molecule has 1 aromatic carbocycles. The van der Waals surface area contributed by atoms with Crippen molar-refractivity contribution in [3.05, 3.63) is 53.9 Å². The van der Waals surface area contributed by atoms with Gasteiger partial charge in [-0.25, -0.2) is 4.79 Å². The van der Waals surface area contributed by atoms with Gasteiger partial charge in [-0.3, -0.25) is 0 Å². The smallest absolute Gasteiger partial charge is 0.330 e. The third kappa shape index (κ3) is 5.40. The molecule has 0 aliphatic rings. The predicted octanol–water partition coefficient (Wildman–Crippen LogP) is 7.56. The van der Waals surface area contributed by atoms with E-state index in [4.69, 9.17) is 13.9 Å². The highest BCUT2D eigenvalue weighted by molar-refractivity contribution is 7.15. The second-order valence-electron chi connectivity index (χ2n) is 8.78. The molecule has 3 aromatic rings. The third-order valence-corrected chi connectivity index (χ3v) is 6.93. The van der Waals surface area contributed by atoms with Crippen molar-refractivity contribution in [3.63, 3.8) is 0 Å². The number of rotatable bonds is 10. The van der Waals surface area contributed by atoms with Crippen LogP contribution in [0.4, 0.5) is 0 Å². The van der Waals surface area contributed by atoms with E-state index in [0.717, 1.165) is 34.1 Å². The van der Waals surface area contributed by atoms with Gasteiger partial charge in [-0.1, -0.05) is 26.3 Å². The van der Waals surface area contributed by atoms with Gasteiger partial charge in [0.2, 0.25) is 0 Å². The normalized spacial score (nSPS) is 12.2. The van der Waals surface area contributed by atoms with Crippen LogP contribution >= 0.6 is 11.3 Å². The van der Waals surface area contributed by atoms with Crippen LogP contribution in [0.1, 0.15) is 58.8 Å². The van der Waals surface area contributed by atoms with E-state index in [2.05, 4.69) is 31.7 Å². The maximum atomic E-state index is 11.7. The molecule has 4 nitrogen and oxygen atoms in total. The van der Waals surface area contributed by atoms with Crippen LogP contribution in [0.5, 0.6) is 5.75 Å². The summed E-state index contributed by atoms with van der Waals surface area (Å²) in [5.41, 5.74) is -0.854. The van der Waals surface area contributed by atoms with Gasteiger partial charge in [-0.05, 0) is 70.9 Å². The Kier molecular flexibility index (Phi) is 6.95. The molecule has 2 heterocycles. The number of furan rings is 1. The molecule has 0 fully saturated rings. The molecule has 31 heavy (non-hydrogen) atoms. The van der Waals surface area contributed by atoms with Crippen molar-refractivity contribution >= 4 is 28.3 Å². The fourth-order valence-corrected chi connectivity index (χ4v) is 4.23. The molecule has 5 heteroatoms. The number of fused-ring (bicyclic) bond motifs is 1. The van der Waals surface area contributed by atoms with Gasteiger partial charge in [-0.15, -0.1) is 11.3 Å². The molecule has 0 atom stereocenters. The van der Waals surface area contributed by atoms with E-state index < -0.39 is 17.2 Å². The Balaban J connectivity index is 1.78. The van der Waals surface area contributed by atoms with E-state index in [-0.39, 0.29) is 0 Å². The largest absolute Gasteiger partial charge is 0.484 e. The van der Waals surface area contributed by atoms with Gasteiger partial charge in [0.25, 0.3) is 0 Å². The van der Waals surface area contributed by atoms with Crippen LogP contribution in [0.25, 0.3) is 21.6 Å². The van der Waals surface area contributed by atoms with Crippen LogP contribution in [-0.2, 0) is 16.0 Å². The molecule has 0 N–H and O–H groups in total. The highest BCUT2D eigenvalue weighted by Crippen LogP contribution is 2.36. The summed E-state index contributed by atoms with van der Waals surface area (Å²) in [6.45, 7) is 13.1. The SMILES string of the molecule is C=CC(=O)OC(C)(C)C(C)(C)Oc1ccc2cc(-c3ccc(CCCCC)s3)oc2c1. The van der Waals surface area contributed by atoms with E-state index in [1.54, 1.807) is 11.3 Å². The Hall–Kier alpha value is -2.53. The van der Waals surface area contributed by atoms with Gasteiger partial charge < -0.3 is 13.9 Å². The topological polar surface area (TPSA) is 48.7 Å². The first kappa shape index (κ1) is 23.1. The lowest BCUT2D eigenvalue weighted by molar-refractivity contribution is -0.170. The molecule has 3 rings (SSSR count). The molecule has 0 saturated carbocycles. The first-order valence-corrected chi connectivity index (χ1v) is 11.6. The summed E-state index contributed by atoms with van der Waals surface area (Å²) in [6, 6.07) is 12.2. The number of hydrogen-bond acceptors (Lipinski definition) is 5. The summed E-state index contributed by atoms with van der Waals surface area (Å²) in [7, 11) is 0. The Morgan fingerprint density at radius 3 is 2.58 bits per heavy atom. The lowest BCUT2D eigenvalue weighted by atomic mass is 9.89. The van der Waals surface area contributed by atoms with Crippen molar-refractivity contribution < 1.29 is 18.7 Å². The minimum atomic E-state index is -0.854. The highest BCUT2D eigenvalue weighted by Gasteiger charge is 2.42. The van der Waals surface area contributed by atoms with Crippen molar-refractivity contribution in [2.45, 2.75) is 71.5 Å². The summed E-state index contributed by atoms with van der Waals surface area (Å²) in [6.07, 6.45) is 6.01. The summed E-state index contributed by atoms with van der Waals surface area (Å²) in [4.78, 5) is 14.2. The number of esters is 1. The molecular weight excluding hydrogens is 408 g/mol. The molecule has 0 spiro atoms. The van der Waals surface area contributed by atoms with Gasteiger partial charge in [0, 0.05) is 22.4 Å². The zero-order valence-corrected chi connectivity index (χ0v) is 19.9. The Bertz CT molecular complexity index is 1050. The van der Waals surface area contributed by atoms with E-state index in [0.29, 0.717) is 5.75 Å². The maximum Gasteiger partial charge on any atom is 0.330 e. The van der Waals surface area contributed by atoms with Gasteiger partial charge >= 0.3 is 5.97 Å².